The van der Waals surface area contributed by atoms with Gasteiger partial charge in [-0.2, -0.15) is 0 Å². The number of aromatic nitrogens is 1. The van der Waals surface area contributed by atoms with E-state index >= 15 is 0 Å². The Labute approximate surface area is 147 Å². The number of fused-ring (bicyclic) bond motifs is 1. The summed E-state index contributed by atoms with van der Waals surface area (Å²) in [5, 5.41) is 2.96. The second kappa shape index (κ2) is 5.83. The van der Waals surface area contributed by atoms with Crippen LogP contribution in [0.3, 0.4) is 0 Å². The topological polar surface area (TPSA) is 62.3 Å². The van der Waals surface area contributed by atoms with Gasteiger partial charge < -0.3 is 10.2 Å². The van der Waals surface area contributed by atoms with Gasteiger partial charge in [-0.15, -0.1) is 0 Å². The lowest BCUT2D eigenvalue weighted by Gasteiger charge is -2.26. The zero-order chi connectivity index (χ0) is 17.6. The minimum absolute atomic E-state index is 0.152. The van der Waals surface area contributed by atoms with Gasteiger partial charge in [0.1, 0.15) is 0 Å². The lowest BCUT2D eigenvalue weighted by molar-refractivity contribution is -0.134. The van der Waals surface area contributed by atoms with Gasteiger partial charge >= 0.3 is 0 Å². The second-order valence-electron chi connectivity index (χ2n) is 7.79. The van der Waals surface area contributed by atoms with Crippen molar-refractivity contribution in [1.29, 1.82) is 0 Å². The Hall–Kier alpha value is -2.43. The summed E-state index contributed by atoms with van der Waals surface area (Å²) in [5.74, 6) is 0.896. The van der Waals surface area contributed by atoms with Gasteiger partial charge in [-0.05, 0) is 43.4 Å². The summed E-state index contributed by atoms with van der Waals surface area (Å²) in [6, 6.07) is 3.38. The molecule has 3 aliphatic rings. The number of hydrogen-bond donors (Lipinski definition) is 1. The van der Waals surface area contributed by atoms with Crippen LogP contribution < -0.4 is 5.32 Å². The van der Waals surface area contributed by atoms with Crippen molar-refractivity contribution in [2.45, 2.75) is 33.1 Å². The molecule has 2 heterocycles. The maximum atomic E-state index is 12.9. The van der Waals surface area contributed by atoms with E-state index in [1.807, 2.05) is 30.9 Å². The van der Waals surface area contributed by atoms with Crippen LogP contribution in [0.5, 0.6) is 0 Å². The van der Waals surface area contributed by atoms with E-state index in [0.717, 1.165) is 24.4 Å². The standard InChI is InChI=1S/C20H23N3O2/c1-20(2)16-6-5-15(22-18(24)14-7-9-21-10-8-14)11-17(16)23(19(20)25)12-13-3-4-13/h5,7-11,13,16H,3-4,6,12H2,1-2H3,(H,22,24). The monoisotopic (exact) mass is 337 g/mol. The molecule has 2 fully saturated rings. The van der Waals surface area contributed by atoms with Crippen LogP contribution in [-0.4, -0.2) is 28.2 Å². The highest BCUT2D eigenvalue weighted by atomic mass is 16.2. The molecule has 5 nitrogen and oxygen atoms in total. The molecule has 0 aromatic carbocycles. The lowest BCUT2D eigenvalue weighted by atomic mass is 9.76. The van der Waals surface area contributed by atoms with Crippen molar-refractivity contribution in [3.05, 3.63) is 53.6 Å². The summed E-state index contributed by atoms with van der Waals surface area (Å²) in [6.45, 7) is 4.89. The van der Waals surface area contributed by atoms with Gasteiger partial charge in [0, 0.05) is 41.8 Å². The molecule has 5 heteroatoms. The summed E-state index contributed by atoms with van der Waals surface area (Å²) in [7, 11) is 0. The Bertz CT molecular complexity index is 775. The predicted molar refractivity (Wildman–Crippen MR) is 94.2 cm³/mol. The van der Waals surface area contributed by atoms with Gasteiger partial charge in [-0.3, -0.25) is 14.6 Å². The van der Waals surface area contributed by atoms with Crippen LogP contribution in [0.1, 0.15) is 43.5 Å². The minimum atomic E-state index is -0.377. The molecule has 1 aliphatic heterocycles. The second-order valence-corrected chi connectivity index (χ2v) is 7.79. The van der Waals surface area contributed by atoms with E-state index in [2.05, 4.69) is 10.3 Å². The minimum Gasteiger partial charge on any atom is -0.322 e. The molecule has 0 spiro atoms. The first kappa shape index (κ1) is 16.1. The van der Waals surface area contributed by atoms with Crippen molar-refractivity contribution < 1.29 is 9.59 Å². The van der Waals surface area contributed by atoms with Crippen LogP contribution in [0.25, 0.3) is 0 Å². The number of carbonyl (C=O) groups excluding carboxylic acids is 2. The maximum absolute atomic E-state index is 12.9. The number of rotatable bonds is 4. The number of allylic oxidation sites excluding steroid dienone is 3. The molecule has 1 aromatic rings. The van der Waals surface area contributed by atoms with Crippen molar-refractivity contribution >= 4 is 11.8 Å². The molecule has 1 N–H and O–H groups in total. The van der Waals surface area contributed by atoms with Crippen LogP contribution >= 0.6 is 0 Å². The van der Waals surface area contributed by atoms with Gasteiger partial charge in [-0.1, -0.05) is 19.9 Å². The SMILES string of the molecule is CC1(C)C(=O)N(CC2CC2)C2=CC(NC(=O)c3ccncc3)=CCC21. The Balaban J connectivity index is 1.56. The normalized spacial score (nSPS) is 24.5. The molecule has 1 unspecified atom stereocenters. The molecule has 1 aromatic heterocycles. The van der Waals surface area contributed by atoms with E-state index in [9.17, 15) is 9.59 Å². The number of nitrogens with one attached hydrogen (secondary N) is 1. The number of likely N-dealkylation sites (tertiary alicyclic amines) is 1. The Morgan fingerprint density at radius 2 is 2.04 bits per heavy atom. The first-order valence-electron chi connectivity index (χ1n) is 8.92. The molecule has 2 aliphatic carbocycles. The lowest BCUT2D eigenvalue weighted by Crippen LogP contribution is -2.32. The van der Waals surface area contributed by atoms with Crippen molar-refractivity contribution in [2.75, 3.05) is 6.54 Å². The van der Waals surface area contributed by atoms with Gasteiger partial charge in [0.15, 0.2) is 0 Å². The molecule has 0 radical (unpaired) electrons. The van der Waals surface area contributed by atoms with Crippen LogP contribution in [-0.2, 0) is 4.79 Å². The first-order valence-corrected chi connectivity index (χ1v) is 8.92. The molecule has 1 atom stereocenters. The molecule has 1 saturated carbocycles. The quantitative estimate of drug-likeness (QED) is 0.919. The third-order valence-electron chi connectivity index (χ3n) is 5.55. The summed E-state index contributed by atoms with van der Waals surface area (Å²) < 4.78 is 0. The van der Waals surface area contributed by atoms with Crippen molar-refractivity contribution in [3.63, 3.8) is 0 Å². The summed E-state index contributed by atoms with van der Waals surface area (Å²) in [4.78, 5) is 31.2. The zero-order valence-electron chi connectivity index (χ0n) is 14.7. The number of pyridine rings is 1. The maximum Gasteiger partial charge on any atom is 0.255 e. The number of carbonyl (C=O) groups is 2. The highest BCUT2D eigenvalue weighted by Gasteiger charge is 2.51. The van der Waals surface area contributed by atoms with Gasteiger partial charge in [-0.25, -0.2) is 0 Å². The summed E-state index contributed by atoms with van der Waals surface area (Å²) in [6.07, 6.45) is 10.4. The average molecular weight is 337 g/mol. The number of nitrogens with zero attached hydrogens (tertiary/aromatic N) is 2. The first-order chi connectivity index (χ1) is 12.0. The fourth-order valence-electron chi connectivity index (χ4n) is 3.77. The molecular weight excluding hydrogens is 314 g/mol. The van der Waals surface area contributed by atoms with E-state index in [-0.39, 0.29) is 23.1 Å². The number of amides is 2. The molecular formula is C20H23N3O2. The van der Waals surface area contributed by atoms with E-state index in [4.69, 9.17) is 0 Å². The molecule has 4 rings (SSSR count). The third kappa shape index (κ3) is 2.88. The molecule has 0 bridgehead atoms. The molecule has 25 heavy (non-hydrogen) atoms. The summed E-state index contributed by atoms with van der Waals surface area (Å²) in [5.41, 5.74) is 2.04. The van der Waals surface area contributed by atoms with Crippen molar-refractivity contribution in [2.24, 2.45) is 17.3 Å². The Morgan fingerprint density at radius 1 is 1.32 bits per heavy atom. The van der Waals surface area contributed by atoms with Crippen LogP contribution in [0, 0.1) is 17.3 Å². The van der Waals surface area contributed by atoms with Crippen molar-refractivity contribution in [3.8, 4) is 0 Å². The fraction of sp³-hybridized carbons (Fsp3) is 0.450. The smallest absolute Gasteiger partial charge is 0.255 e. The van der Waals surface area contributed by atoms with E-state index in [1.165, 1.54) is 12.8 Å². The largest absolute Gasteiger partial charge is 0.322 e. The van der Waals surface area contributed by atoms with Crippen LogP contribution in [0.2, 0.25) is 0 Å². The third-order valence-corrected chi connectivity index (χ3v) is 5.55. The fourth-order valence-corrected chi connectivity index (χ4v) is 3.77. The molecule has 130 valence electrons. The highest BCUT2D eigenvalue weighted by Crippen LogP contribution is 2.49. The average Bonchev–Trinajstić information content (AvgIpc) is 3.41. The predicted octanol–water partition coefficient (Wildman–Crippen LogP) is 2.88. The van der Waals surface area contributed by atoms with Gasteiger partial charge in [0.2, 0.25) is 5.91 Å². The van der Waals surface area contributed by atoms with E-state index in [1.54, 1.807) is 24.5 Å². The Kier molecular flexibility index (Phi) is 3.74. The number of hydrogen-bond acceptors (Lipinski definition) is 3. The van der Waals surface area contributed by atoms with E-state index in [0.29, 0.717) is 11.5 Å². The zero-order valence-corrected chi connectivity index (χ0v) is 14.7. The summed E-state index contributed by atoms with van der Waals surface area (Å²) >= 11 is 0. The van der Waals surface area contributed by atoms with Crippen LogP contribution in [0.15, 0.2) is 48.1 Å². The highest BCUT2D eigenvalue weighted by molar-refractivity contribution is 5.95. The van der Waals surface area contributed by atoms with Gasteiger partial charge in [0.25, 0.3) is 5.91 Å². The molecule has 2 amide bonds. The van der Waals surface area contributed by atoms with Gasteiger partial charge in [0.05, 0.1) is 5.41 Å². The molecule has 1 saturated heterocycles. The Morgan fingerprint density at radius 3 is 2.72 bits per heavy atom. The van der Waals surface area contributed by atoms with Crippen molar-refractivity contribution in [1.82, 2.24) is 15.2 Å². The van der Waals surface area contributed by atoms with E-state index < -0.39 is 0 Å². The van der Waals surface area contributed by atoms with Crippen LogP contribution in [0.4, 0.5) is 0 Å².